The molecule has 1 aromatic carbocycles. The number of carbonyl (C=O) groups excluding carboxylic acids is 1. The average Bonchev–Trinajstić information content (AvgIpc) is 3.37. The summed E-state index contributed by atoms with van der Waals surface area (Å²) in [6.45, 7) is -1.01. The Hall–Kier alpha value is -2.77. The van der Waals surface area contributed by atoms with E-state index < -0.39 is 36.0 Å². The number of hydrogen-bond donors (Lipinski definition) is 2. The molecular weight excluding hydrogens is 444 g/mol. The first-order valence-corrected chi connectivity index (χ1v) is 12.7. The molecule has 7 nitrogen and oxygen atoms in total. The second-order valence-corrected chi connectivity index (χ2v) is 11.0. The predicted molar refractivity (Wildman–Crippen MR) is 129 cm³/mol. The summed E-state index contributed by atoms with van der Waals surface area (Å²) < 4.78 is 36.5. The number of ether oxygens (including phenoxy) is 1. The van der Waals surface area contributed by atoms with Crippen molar-refractivity contribution in [1.82, 2.24) is 9.80 Å². The molecule has 5 aliphatic rings. The van der Waals surface area contributed by atoms with Gasteiger partial charge in [0.2, 0.25) is 5.91 Å². The third-order valence-corrected chi connectivity index (χ3v) is 9.26. The van der Waals surface area contributed by atoms with Crippen LogP contribution in [0.4, 0.5) is 0 Å². The molecule has 3 heterocycles. The summed E-state index contributed by atoms with van der Waals surface area (Å²) in [4.78, 5) is 16.9. The Labute approximate surface area is 209 Å². The van der Waals surface area contributed by atoms with Crippen LogP contribution in [0.2, 0.25) is 0 Å². The smallest absolute Gasteiger partial charge is 0.246 e. The van der Waals surface area contributed by atoms with Gasteiger partial charge in [0.1, 0.15) is 6.10 Å². The third-order valence-electron chi connectivity index (χ3n) is 9.26. The van der Waals surface area contributed by atoms with Crippen molar-refractivity contribution in [2.45, 2.75) is 67.7 Å². The fourth-order valence-electron chi connectivity index (χ4n) is 7.50. The Bertz CT molecular complexity index is 1310. The molecule has 3 aliphatic carbocycles. The SMILES string of the molecule is [2H]C([2H])([2H])N(C(=O)/C=C\c1ccoc1)[C@@H]1CC[C@@]2(O)[C@H]3Cc4ccc(O)c5c4[C@@]2(CCN3CC2CC2)[C@H]1O5. The van der Waals surface area contributed by atoms with E-state index in [2.05, 4.69) is 4.90 Å². The number of nitrogens with zero attached hydrogens (tertiary/aromatic N) is 2. The van der Waals surface area contributed by atoms with Crippen LogP contribution in [0, 0.1) is 5.92 Å². The van der Waals surface area contributed by atoms with Crippen LogP contribution in [0.25, 0.3) is 6.08 Å². The first-order chi connectivity index (χ1) is 18.1. The highest BCUT2D eigenvalue weighted by Crippen LogP contribution is 2.66. The van der Waals surface area contributed by atoms with Gasteiger partial charge in [-0.15, -0.1) is 0 Å². The molecule has 7 rings (SSSR count). The molecule has 1 saturated heterocycles. The molecule has 184 valence electrons. The highest BCUT2D eigenvalue weighted by atomic mass is 16.5. The zero-order valence-corrected chi connectivity index (χ0v) is 19.5. The lowest BCUT2D eigenvalue weighted by molar-refractivity contribution is -0.200. The van der Waals surface area contributed by atoms with Crippen LogP contribution in [0.1, 0.15) is 52.9 Å². The number of benzene rings is 1. The van der Waals surface area contributed by atoms with Gasteiger partial charge in [0.05, 0.1) is 29.6 Å². The molecule has 35 heavy (non-hydrogen) atoms. The zero-order valence-electron chi connectivity index (χ0n) is 22.5. The van der Waals surface area contributed by atoms with Gasteiger partial charge in [-0.3, -0.25) is 9.69 Å². The molecule has 1 spiro atoms. The molecule has 5 atom stereocenters. The number of aromatic hydroxyl groups is 1. The number of amides is 1. The van der Waals surface area contributed by atoms with E-state index in [1.54, 1.807) is 12.1 Å². The zero-order chi connectivity index (χ0) is 26.4. The molecule has 1 aromatic heterocycles. The third kappa shape index (κ3) is 2.88. The first kappa shape index (κ1) is 18.5. The van der Waals surface area contributed by atoms with Crippen molar-refractivity contribution in [2.75, 3.05) is 20.1 Å². The number of phenols is 1. The number of likely N-dealkylation sites (N-methyl/N-ethyl adjacent to an activating group) is 1. The quantitative estimate of drug-likeness (QED) is 0.641. The molecular formula is C28H32N2O5. The van der Waals surface area contributed by atoms with E-state index in [1.807, 2.05) is 6.07 Å². The molecule has 0 unspecified atom stereocenters. The topological polar surface area (TPSA) is 86.4 Å². The van der Waals surface area contributed by atoms with Crippen LogP contribution in [-0.2, 0) is 16.6 Å². The predicted octanol–water partition coefficient (Wildman–Crippen LogP) is 3.09. The monoisotopic (exact) mass is 479 g/mol. The number of likely N-dealkylation sites (tertiary alicyclic amines) is 1. The van der Waals surface area contributed by atoms with Crippen molar-refractivity contribution in [2.24, 2.45) is 5.92 Å². The van der Waals surface area contributed by atoms with Crippen LogP contribution in [0.15, 0.2) is 41.2 Å². The molecule has 1 amide bonds. The Balaban J connectivity index is 1.32. The van der Waals surface area contributed by atoms with E-state index >= 15 is 0 Å². The second kappa shape index (κ2) is 7.37. The van der Waals surface area contributed by atoms with Crippen molar-refractivity contribution in [3.8, 4) is 11.5 Å². The molecule has 2 bridgehead atoms. The van der Waals surface area contributed by atoms with E-state index in [-0.39, 0.29) is 18.2 Å². The van der Waals surface area contributed by atoms with Gasteiger partial charge in [-0.05, 0) is 74.8 Å². The fraction of sp³-hybridized carbons (Fsp3) is 0.536. The van der Waals surface area contributed by atoms with Gasteiger partial charge in [-0.25, -0.2) is 0 Å². The maximum Gasteiger partial charge on any atom is 0.246 e. The van der Waals surface area contributed by atoms with Gasteiger partial charge in [-0.2, -0.15) is 0 Å². The van der Waals surface area contributed by atoms with Crippen LogP contribution < -0.4 is 4.74 Å². The van der Waals surface area contributed by atoms with Gasteiger partial charge >= 0.3 is 0 Å². The number of carbonyl (C=O) groups is 1. The lowest BCUT2D eigenvalue weighted by Crippen LogP contribution is -2.78. The summed E-state index contributed by atoms with van der Waals surface area (Å²) in [5, 5.41) is 23.4. The number of piperidine rings is 1. The lowest BCUT2D eigenvalue weighted by Gasteiger charge is -2.64. The van der Waals surface area contributed by atoms with Gasteiger partial charge in [0.15, 0.2) is 11.5 Å². The molecule has 2 saturated carbocycles. The molecule has 2 aliphatic heterocycles. The number of rotatable bonds is 5. The first-order valence-electron chi connectivity index (χ1n) is 14.2. The Kier molecular flexibility index (Phi) is 3.89. The van der Waals surface area contributed by atoms with Crippen LogP contribution in [-0.4, -0.2) is 69.8 Å². The molecule has 2 aromatic rings. The summed E-state index contributed by atoms with van der Waals surface area (Å²) in [6, 6.07) is 4.30. The summed E-state index contributed by atoms with van der Waals surface area (Å²) >= 11 is 0. The van der Waals surface area contributed by atoms with Crippen LogP contribution in [0.5, 0.6) is 11.5 Å². The number of furan rings is 1. The lowest BCUT2D eigenvalue weighted by atomic mass is 9.48. The summed E-state index contributed by atoms with van der Waals surface area (Å²) in [6.07, 6.45) is 9.25. The fourth-order valence-corrected chi connectivity index (χ4v) is 7.50. The Morgan fingerprint density at radius 1 is 1.31 bits per heavy atom. The Morgan fingerprint density at radius 2 is 2.20 bits per heavy atom. The highest BCUT2D eigenvalue weighted by Gasteiger charge is 2.73. The highest BCUT2D eigenvalue weighted by molar-refractivity contribution is 5.91. The normalized spacial score (nSPS) is 36.7. The van der Waals surface area contributed by atoms with E-state index in [0.29, 0.717) is 36.5 Å². The maximum atomic E-state index is 13.5. The van der Waals surface area contributed by atoms with Gasteiger partial charge in [0, 0.05) is 40.9 Å². The minimum atomic E-state index is -2.72. The summed E-state index contributed by atoms with van der Waals surface area (Å²) in [5.41, 5.74) is 0.438. The van der Waals surface area contributed by atoms with Crippen molar-refractivity contribution in [3.05, 3.63) is 53.5 Å². The van der Waals surface area contributed by atoms with Crippen molar-refractivity contribution >= 4 is 12.0 Å². The van der Waals surface area contributed by atoms with E-state index in [4.69, 9.17) is 13.3 Å². The van der Waals surface area contributed by atoms with Gasteiger partial charge < -0.3 is 24.3 Å². The molecule has 0 radical (unpaired) electrons. The van der Waals surface area contributed by atoms with Crippen molar-refractivity contribution in [1.29, 1.82) is 0 Å². The second-order valence-electron chi connectivity index (χ2n) is 11.0. The standard InChI is InChI=1S/C28H32N2O5/c1-29(23(32)7-4-18-9-13-34-16-18)20-8-10-28(33)22-14-19-5-6-21(31)25-24(19)27(28,26(20)35-25)11-12-30(22)15-17-2-3-17/h4-7,9,13,16-17,20,22,26,31,33H,2-3,8,10-12,14-15H2,1H3/b7-4-/t20-,22-,26+,27+,28-/m1/s1/i1D3. The van der Waals surface area contributed by atoms with E-state index in [9.17, 15) is 15.0 Å². The largest absolute Gasteiger partial charge is 0.504 e. The van der Waals surface area contributed by atoms with Crippen molar-refractivity contribution < 1.29 is 28.3 Å². The number of aliphatic hydroxyl groups is 1. The van der Waals surface area contributed by atoms with Crippen molar-refractivity contribution in [3.63, 3.8) is 0 Å². The number of hydrogen-bond acceptors (Lipinski definition) is 6. The summed E-state index contributed by atoms with van der Waals surface area (Å²) in [5.74, 6) is 0.334. The molecule has 7 heteroatoms. The molecule has 3 fully saturated rings. The van der Waals surface area contributed by atoms with Crippen LogP contribution >= 0.6 is 0 Å². The van der Waals surface area contributed by atoms with E-state index in [1.165, 1.54) is 37.5 Å². The van der Waals surface area contributed by atoms with E-state index in [0.717, 1.165) is 29.1 Å². The minimum Gasteiger partial charge on any atom is -0.504 e. The maximum absolute atomic E-state index is 13.5. The minimum absolute atomic E-state index is 0.0147. The summed E-state index contributed by atoms with van der Waals surface area (Å²) in [7, 11) is 0. The molecule has 2 N–H and O–H groups in total. The van der Waals surface area contributed by atoms with Gasteiger partial charge in [0.25, 0.3) is 0 Å². The number of phenolic OH excluding ortho intramolecular Hbond substituents is 1. The Morgan fingerprint density at radius 3 is 2.97 bits per heavy atom. The van der Waals surface area contributed by atoms with Gasteiger partial charge in [-0.1, -0.05) is 6.07 Å². The average molecular weight is 480 g/mol. The van der Waals surface area contributed by atoms with Crippen LogP contribution in [0.3, 0.4) is 0 Å².